The number of unbranched alkanes of at least 4 members (excludes halogenated alkanes) is 4. The molecule has 2 rings (SSSR count). The molecule has 2 aromatic heterocycles. The number of Topliss-reactive ketones (excluding diaryl/α,β-unsaturated/α-hetero) is 1. The number of aromatic amines is 1. The number of anilines is 1. The van der Waals surface area contributed by atoms with Gasteiger partial charge in [-0.2, -0.15) is 0 Å². The van der Waals surface area contributed by atoms with E-state index in [1.165, 1.54) is 19.3 Å². The summed E-state index contributed by atoms with van der Waals surface area (Å²) in [7, 11) is 0. The van der Waals surface area contributed by atoms with Gasteiger partial charge in [-0.1, -0.05) is 37.8 Å². The van der Waals surface area contributed by atoms with Gasteiger partial charge in [0.2, 0.25) is 0 Å². The van der Waals surface area contributed by atoms with Crippen LogP contribution in [0.5, 0.6) is 0 Å². The van der Waals surface area contributed by atoms with Crippen LogP contribution in [0.1, 0.15) is 63.3 Å². The number of aryl methyl sites for hydroxylation is 2. The van der Waals surface area contributed by atoms with Crippen molar-refractivity contribution in [1.82, 2.24) is 25.0 Å². The lowest BCUT2D eigenvalue weighted by Gasteiger charge is -2.01. The van der Waals surface area contributed by atoms with Crippen molar-refractivity contribution in [2.75, 3.05) is 5.73 Å². The summed E-state index contributed by atoms with van der Waals surface area (Å²) >= 11 is 0. The number of nitrogens with two attached hydrogens (primary N) is 1. The molecule has 0 aliphatic carbocycles. The van der Waals surface area contributed by atoms with E-state index in [1.807, 2.05) is 6.20 Å². The standard InChI is InChI=1S/C17H28N6O.ClH/c1-2-3-4-5-6-10-16(24)13-23-12-15(21-22-23)9-7-8-14-11-19-17(18)20-14;/h11-12H,2-10,13H2,1H3,(H3,18,19,20);1H. The molecule has 0 amide bonds. The van der Waals surface area contributed by atoms with Crippen LogP contribution >= 0.6 is 12.4 Å². The first kappa shape index (κ1) is 21.2. The van der Waals surface area contributed by atoms with E-state index in [-0.39, 0.29) is 18.2 Å². The van der Waals surface area contributed by atoms with Gasteiger partial charge in [-0.15, -0.1) is 17.5 Å². The van der Waals surface area contributed by atoms with Crippen LogP contribution in [0.2, 0.25) is 0 Å². The molecular weight excluding hydrogens is 340 g/mol. The number of carbonyl (C=O) groups is 1. The van der Waals surface area contributed by atoms with Gasteiger partial charge in [0.05, 0.1) is 11.9 Å². The number of nitrogens with zero attached hydrogens (tertiary/aromatic N) is 4. The highest BCUT2D eigenvalue weighted by Crippen LogP contribution is 2.07. The maximum Gasteiger partial charge on any atom is 0.197 e. The Morgan fingerprint density at radius 1 is 1.20 bits per heavy atom. The smallest absolute Gasteiger partial charge is 0.197 e. The Hall–Kier alpha value is -1.89. The van der Waals surface area contributed by atoms with Crippen LogP contribution in [-0.4, -0.2) is 30.7 Å². The van der Waals surface area contributed by atoms with E-state index in [0.29, 0.717) is 18.9 Å². The molecule has 0 unspecified atom stereocenters. The number of nitrogens with one attached hydrogen (secondary N) is 1. The van der Waals surface area contributed by atoms with Crippen molar-refractivity contribution >= 4 is 24.1 Å². The topological polar surface area (TPSA) is 102 Å². The van der Waals surface area contributed by atoms with Crippen molar-refractivity contribution in [2.24, 2.45) is 0 Å². The number of aromatic nitrogens is 5. The molecule has 7 nitrogen and oxygen atoms in total. The van der Waals surface area contributed by atoms with Crippen LogP contribution in [0, 0.1) is 0 Å². The van der Waals surface area contributed by atoms with Crippen LogP contribution in [-0.2, 0) is 24.2 Å². The van der Waals surface area contributed by atoms with Gasteiger partial charge in [-0.3, -0.25) is 4.79 Å². The zero-order valence-corrected chi connectivity index (χ0v) is 15.7. The summed E-state index contributed by atoms with van der Waals surface area (Å²) in [6.07, 6.45) is 12.7. The molecular formula is C17H29ClN6O. The van der Waals surface area contributed by atoms with Gasteiger partial charge in [0, 0.05) is 18.3 Å². The highest BCUT2D eigenvalue weighted by atomic mass is 35.5. The number of carbonyl (C=O) groups excluding carboxylic acids is 1. The highest BCUT2D eigenvalue weighted by Gasteiger charge is 2.07. The number of H-pyrrole nitrogens is 1. The molecule has 140 valence electrons. The lowest BCUT2D eigenvalue weighted by molar-refractivity contribution is -0.119. The summed E-state index contributed by atoms with van der Waals surface area (Å²) in [5, 5.41) is 8.19. The number of ketones is 1. The molecule has 0 atom stereocenters. The zero-order valence-electron chi connectivity index (χ0n) is 14.9. The summed E-state index contributed by atoms with van der Waals surface area (Å²) in [4.78, 5) is 18.9. The normalized spacial score (nSPS) is 10.6. The zero-order chi connectivity index (χ0) is 17.2. The molecule has 0 radical (unpaired) electrons. The van der Waals surface area contributed by atoms with Crippen molar-refractivity contribution in [3.8, 4) is 0 Å². The Kier molecular flexibility index (Phi) is 9.84. The third-order valence-corrected chi connectivity index (χ3v) is 4.01. The Balaban J connectivity index is 0.00000312. The van der Waals surface area contributed by atoms with Crippen LogP contribution in [0.4, 0.5) is 5.95 Å². The predicted molar refractivity (Wildman–Crippen MR) is 101 cm³/mol. The summed E-state index contributed by atoms with van der Waals surface area (Å²) in [6, 6.07) is 0. The van der Waals surface area contributed by atoms with E-state index in [1.54, 1.807) is 10.9 Å². The molecule has 3 N–H and O–H groups in total. The first-order valence-electron chi connectivity index (χ1n) is 8.87. The quantitative estimate of drug-likeness (QED) is 0.560. The average Bonchev–Trinajstić information content (AvgIpc) is 3.16. The summed E-state index contributed by atoms with van der Waals surface area (Å²) in [5.74, 6) is 0.681. The van der Waals surface area contributed by atoms with Crippen LogP contribution < -0.4 is 5.73 Å². The lowest BCUT2D eigenvalue weighted by Crippen LogP contribution is -2.10. The monoisotopic (exact) mass is 368 g/mol. The summed E-state index contributed by atoms with van der Waals surface area (Å²) < 4.78 is 1.65. The van der Waals surface area contributed by atoms with Crippen molar-refractivity contribution in [2.45, 2.75) is 71.3 Å². The van der Waals surface area contributed by atoms with Crippen molar-refractivity contribution in [3.63, 3.8) is 0 Å². The van der Waals surface area contributed by atoms with E-state index in [4.69, 9.17) is 5.73 Å². The molecule has 0 saturated carbocycles. The fourth-order valence-corrected chi connectivity index (χ4v) is 2.68. The molecule has 2 aromatic rings. The number of nitrogen functional groups attached to an aromatic ring is 1. The maximum absolute atomic E-state index is 11.9. The Labute approximate surface area is 155 Å². The first-order valence-corrected chi connectivity index (χ1v) is 8.87. The van der Waals surface area contributed by atoms with E-state index in [9.17, 15) is 4.79 Å². The van der Waals surface area contributed by atoms with Gasteiger partial charge in [-0.25, -0.2) is 9.67 Å². The number of rotatable bonds is 12. The Morgan fingerprint density at radius 2 is 2.00 bits per heavy atom. The van der Waals surface area contributed by atoms with Crippen LogP contribution in [0.3, 0.4) is 0 Å². The van der Waals surface area contributed by atoms with Gasteiger partial charge >= 0.3 is 0 Å². The first-order chi connectivity index (χ1) is 11.7. The maximum atomic E-state index is 11.9. The van der Waals surface area contributed by atoms with Gasteiger partial charge in [0.25, 0.3) is 0 Å². The second-order valence-electron chi connectivity index (χ2n) is 6.26. The summed E-state index contributed by atoms with van der Waals surface area (Å²) in [6.45, 7) is 2.52. The van der Waals surface area contributed by atoms with Crippen molar-refractivity contribution in [3.05, 3.63) is 23.8 Å². The van der Waals surface area contributed by atoms with E-state index in [0.717, 1.165) is 43.5 Å². The van der Waals surface area contributed by atoms with E-state index >= 15 is 0 Å². The molecule has 8 heteroatoms. The lowest BCUT2D eigenvalue weighted by atomic mass is 10.1. The van der Waals surface area contributed by atoms with Gasteiger partial charge < -0.3 is 10.7 Å². The SMILES string of the molecule is CCCCCCCC(=O)Cn1cc(CCCc2cnc(N)[nH]2)nn1.Cl. The molecule has 0 saturated heterocycles. The van der Waals surface area contributed by atoms with Crippen molar-refractivity contribution in [1.29, 1.82) is 0 Å². The van der Waals surface area contributed by atoms with E-state index in [2.05, 4.69) is 27.2 Å². The largest absolute Gasteiger partial charge is 0.369 e. The minimum Gasteiger partial charge on any atom is -0.369 e. The molecule has 0 bridgehead atoms. The number of hydrogen-bond donors (Lipinski definition) is 2. The van der Waals surface area contributed by atoms with E-state index < -0.39 is 0 Å². The Morgan fingerprint density at radius 3 is 2.72 bits per heavy atom. The fraction of sp³-hybridized carbons (Fsp3) is 0.647. The van der Waals surface area contributed by atoms with Crippen LogP contribution in [0.25, 0.3) is 0 Å². The van der Waals surface area contributed by atoms with Gasteiger partial charge in [-0.05, 0) is 25.7 Å². The predicted octanol–water partition coefficient (Wildman–Crippen LogP) is 3.11. The molecule has 0 spiro atoms. The second kappa shape index (κ2) is 11.6. The highest BCUT2D eigenvalue weighted by molar-refractivity contribution is 5.85. The number of hydrogen-bond acceptors (Lipinski definition) is 5. The molecule has 25 heavy (non-hydrogen) atoms. The molecule has 0 aliphatic rings. The second-order valence-corrected chi connectivity index (χ2v) is 6.26. The minimum atomic E-state index is 0. The molecule has 0 aromatic carbocycles. The minimum absolute atomic E-state index is 0. The fourth-order valence-electron chi connectivity index (χ4n) is 2.68. The van der Waals surface area contributed by atoms with Crippen molar-refractivity contribution < 1.29 is 4.79 Å². The molecule has 0 fully saturated rings. The average molecular weight is 369 g/mol. The molecule has 2 heterocycles. The molecule has 0 aliphatic heterocycles. The Bertz CT molecular complexity index is 624. The summed E-state index contributed by atoms with van der Waals surface area (Å²) in [5.41, 5.74) is 7.49. The van der Waals surface area contributed by atoms with Crippen LogP contribution in [0.15, 0.2) is 12.4 Å². The third kappa shape index (κ3) is 8.16. The van der Waals surface area contributed by atoms with Gasteiger partial charge in [0.1, 0.15) is 6.54 Å². The van der Waals surface area contributed by atoms with Gasteiger partial charge in [0.15, 0.2) is 11.7 Å². The number of halogens is 1. The third-order valence-electron chi connectivity index (χ3n) is 4.01. The number of imidazole rings is 1.